The summed E-state index contributed by atoms with van der Waals surface area (Å²) in [6.45, 7) is 0. The van der Waals surface area contributed by atoms with Gasteiger partial charge in [0.2, 0.25) is 0 Å². The molecular weight excluding hydrogens is 256 g/mol. The van der Waals surface area contributed by atoms with Gasteiger partial charge in [-0.1, -0.05) is 44.6 Å². The maximum Gasteiger partial charge on any atom is 0 e. The van der Waals surface area contributed by atoms with Crippen molar-refractivity contribution in [2.75, 3.05) is 0 Å². The summed E-state index contributed by atoms with van der Waals surface area (Å²) in [5, 5.41) is 0. The Morgan fingerprint density at radius 3 is 0.286 bits per heavy atom. The van der Waals surface area contributed by atoms with Crippen LogP contribution in [0.25, 0.3) is 0 Å². The zero-order valence-corrected chi connectivity index (χ0v) is 3.34. The molecular formula is C6H24W. The van der Waals surface area contributed by atoms with Crippen LogP contribution in [0.3, 0.4) is 0 Å². The molecule has 0 saturated heterocycles. The van der Waals surface area contributed by atoms with Gasteiger partial charge in [-0.15, -0.1) is 0 Å². The summed E-state index contributed by atoms with van der Waals surface area (Å²) in [5.41, 5.74) is 0. The Hall–Kier alpha value is 0.688. The van der Waals surface area contributed by atoms with E-state index in [0.29, 0.717) is 0 Å². The van der Waals surface area contributed by atoms with E-state index in [2.05, 4.69) is 0 Å². The molecule has 0 bridgehead atoms. The summed E-state index contributed by atoms with van der Waals surface area (Å²) < 4.78 is 0. The maximum atomic E-state index is 0. The predicted molar refractivity (Wildman–Crippen MR) is 40.4 cm³/mol. The minimum atomic E-state index is 0. The molecule has 0 aromatic rings. The zero-order chi connectivity index (χ0) is 0. The van der Waals surface area contributed by atoms with Gasteiger partial charge >= 0.3 is 0 Å². The molecule has 0 heterocycles. The first-order valence-corrected chi connectivity index (χ1v) is 0. The molecule has 0 nitrogen and oxygen atoms in total. The van der Waals surface area contributed by atoms with Crippen molar-refractivity contribution in [3.8, 4) is 0 Å². The second-order valence-electron chi connectivity index (χ2n) is 0. The molecule has 0 amide bonds. The van der Waals surface area contributed by atoms with E-state index >= 15 is 0 Å². The molecule has 0 aliphatic heterocycles. The SMILES string of the molecule is C.C.C.C.C.C.[W]. The Balaban J connectivity index is 0. The van der Waals surface area contributed by atoms with Gasteiger partial charge in [-0.05, 0) is 0 Å². The van der Waals surface area contributed by atoms with Crippen molar-refractivity contribution in [1.29, 1.82) is 0 Å². The van der Waals surface area contributed by atoms with Crippen LogP contribution in [0.4, 0.5) is 0 Å². The standard InChI is InChI=1S/6CH4.W/h6*1H4;. The monoisotopic (exact) mass is 280 g/mol. The fourth-order valence-corrected chi connectivity index (χ4v) is 0. The molecule has 54 valence electrons. The minimum absolute atomic E-state index is 0. The first kappa shape index (κ1) is 726. The van der Waals surface area contributed by atoms with E-state index in [1.807, 2.05) is 0 Å². The van der Waals surface area contributed by atoms with Gasteiger partial charge in [-0.2, -0.15) is 0 Å². The van der Waals surface area contributed by atoms with Crippen LogP contribution in [0, 0.1) is 0 Å². The molecule has 0 atom stereocenters. The predicted octanol–water partition coefficient (Wildman–Crippen LogP) is 3.81. The van der Waals surface area contributed by atoms with Crippen LogP contribution in [0.5, 0.6) is 0 Å². The molecule has 0 fully saturated rings. The van der Waals surface area contributed by atoms with Crippen LogP contribution in [0.2, 0.25) is 0 Å². The van der Waals surface area contributed by atoms with Crippen LogP contribution in [0.15, 0.2) is 0 Å². The fraction of sp³-hybridized carbons (Fsp3) is 1.00. The fourth-order valence-electron chi connectivity index (χ4n) is 0. The Bertz CT molecular complexity index is 4.14. The molecule has 0 aromatic heterocycles. The van der Waals surface area contributed by atoms with Gasteiger partial charge in [0.05, 0.1) is 0 Å². The van der Waals surface area contributed by atoms with Crippen molar-refractivity contribution < 1.29 is 21.1 Å². The molecule has 0 spiro atoms. The molecule has 0 rings (SSSR count). The zero-order valence-electron chi connectivity index (χ0n) is 0.408. The molecule has 0 aromatic carbocycles. The first-order chi connectivity index (χ1) is 0. The number of hydrogen-bond acceptors (Lipinski definition) is 0. The van der Waals surface area contributed by atoms with Gasteiger partial charge in [0.25, 0.3) is 0 Å². The van der Waals surface area contributed by atoms with Crippen LogP contribution in [-0.2, 0) is 21.1 Å². The maximum absolute atomic E-state index is 0. The van der Waals surface area contributed by atoms with Crippen LogP contribution in [0.1, 0.15) is 44.6 Å². The largest absolute Gasteiger partial charge is 0.0776 e. The Morgan fingerprint density at radius 2 is 0.286 bits per heavy atom. The summed E-state index contributed by atoms with van der Waals surface area (Å²) in [5.74, 6) is 0. The third kappa shape index (κ3) is 310. The van der Waals surface area contributed by atoms with Crippen molar-refractivity contribution in [2.24, 2.45) is 0 Å². The van der Waals surface area contributed by atoms with Crippen molar-refractivity contribution in [1.82, 2.24) is 0 Å². The van der Waals surface area contributed by atoms with Gasteiger partial charge in [-0.3, -0.25) is 0 Å². The van der Waals surface area contributed by atoms with Crippen molar-refractivity contribution in [2.45, 2.75) is 44.6 Å². The molecule has 7 heavy (non-hydrogen) atoms. The number of rotatable bonds is 0. The van der Waals surface area contributed by atoms with E-state index in [0.717, 1.165) is 0 Å². The van der Waals surface area contributed by atoms with Crippen LogP contribution in [-0.4, -0.2) is 0 Å². The molecule has 1 heteroatoms. The Kier molecular flexibility index (Phi) is 47400. The second kappa shape index (κ2) is 457. The quantitative estimate of drug-likeness (QED) is 0.633. The average Bonchev–Trinajstić information content (AvgIpc) is 0. The van der Waals surface area contributed by atoms with E-state index in [9.17, 15) is 0 Å². The average molecular weight is 280 g/mol. The molecule has 0 saturated carbocycles. The van der Waals surface area contributed by atoms with Crippen molar-refractivity contribution >= 4 is 0 Å². The van der Waals surface area contributed by atoms with Gasteiger partial charge in [0.15, 0.2) is 0 Å². The summed E-state index contributed by atoms with van der Waals surface area (Å²) in [6, 6.07) is 0. The van der Waals surface area contributed by atoms with E-state index in [1.54, 1.807) is 0 Å². The molecule has 0 N–H and O–H groups in total. The summed E-state index contributed by atoms with van der Waals surface area (Å²) in [6.07, 6.45) is 0. The topological polar surface area (TPSA) is 0 Å². The van der Waals surface area contributed by atoms with E-state index in [4.69, 9.17) is 0 Å². The Labute approximate surface area is 66.0 Å². The second-order valence-corrected chi connectivity index (χ2v) is 0. The molecule has 0 aliphatic rings. The van der Waals surface area contributed by atoms with Crippen LogP contribution >= 0.6 is 0 Å². The molecule has 0 unspecified atom stereocenters. The van der Waals surface area contributed by atoms with Gasteiger partial charge in [0.1, 0.15) is 0 Å². The third-order valence-electron chi connectivity index (χ3n) is 0. The third-order valence-corrected chi connectivity index (χ3v) is 0. The first-order valence-electron chi connectivity index (χ1n) is 0. The van der Waals surface area contributed by atoms with E-state index in [1.165, 1.54) is 0 Å². The smallest absolute Gasteiger partial charge is 0 e. The summed E-state index contributed by atoms with van der Waals surface area (Å²) >= 11 is 0. The normalized spacial score (nSPS) is 0. The molecule has 0 aliphatic carbocycles. The van der Waals surface area contributed by atoms with Gasteiger partial charge in [-0.25, -0.2) is 0 Å². The molecule has 0 radical (unpaired) electrons. The van der Waals surface area contributed by atoms with E-state index < -0.39 is 0 Å². The van der Waals surface area contributed by atoms with Crippen LogP contribution < -0.4 is 0 Å². The summed E-state index contributed by atoms with van der Waals surface area (Å²) in [7, 11) is 0. The number of hydrogen-bond donors (Lipinski definition) is 0. The van der Waals surface area contributed by atoms with Crippen molar-refractivity contribution in [3.05, 3.63) is 0 Å². The van der Waals surface area contributed by atoms with Gasteiger partial charge < -0.3 is 0 Å². The minimum Gasteiger partial charge on any atom is -0.0776 e. The van der Waals surface area contributed by atoms with E-state index in [-0.39, 0.29) is 65.6 Å². The van der Waals surface area contributed by atoms with Gasteiger partial charge in [0, 0.05) is 21.1 Å². The Morgan fingerprint density at radius 1 is 0.286 bits per heavy atom. The summed E-state index contributed by atoms with van der Waals surface area (Å²) in [4.78, 5) is 0. The van der Waals surface area contributed by atoms with Crippen molar-refractivity contribution in [3.63, 3.8) is 0 Å².